The molecule has 0 aliphatic carbocycles. The number of hydrogen-bond donors (Lipinski definition) is 2. The van der Waals surface area contributed by atoms with Crippen LogP contribution in [0.2, 0.25) is 0 Å². The van der Waals surface area contributed by atoms with Crippen molar-refractivity contribution in [3.05, 3.63) is 34.9 Å². The maximum Gasteiger partial charge on any atom is 0.251 e. The summed E-state index contributed by atoms with van der Waals surface area (Å²) < 4.78 is 0. The average Bonchev–Trinajstić information content (AvgIpc) is 2.78. The van der Waals surface area contributed by atoms with Crippen molar-refractivity contribution in [3.63, 3.8) is 0 Å². The second kappa shape index (κ2) is 14.3. The zero-order valence-electron chi connectivity index (χ0n) is 21.5. The van der Waals surface area contributed by atoms with Crippen molar-refractivity contribution in [1.82, 2.24) is 20.4 Å². The minimum Gasteiger partial charge on any atom is -0.352 e. The summed E-state index contributed by atoms with van der Waals surface area (Å²) in [6.07, 6.45) is 1.82. The van der Waals surface area contributed by atoms with Crippen molar-refractivity contribution >= 4 is 11.8 Å². The second-order valence-corrected chi connectivity index (χ2v) is 9.32. The van der Waals surface area contributed by atoms with E-state index in [0.717, 1.165) is 57.7 Å². The van der Waals surface area contributed by atoms with Crippen molar-refractivity contribution in [1.29, 1.82) is 0 Å². The van der Waals surface area contributed by atoms with E-state index in [1.54, 1.807) is 6.07 Å². The molecule has 0 spiro atoms. The average molecular weight is 447 g/mol. The first kappa shape index (κ1) is 28.1. The fourth-order valence-corrected chi connectivity index (χ4v) is 3.62. The molecule has 0 unspecified atom stereocenters. The van der Waals surface area contributed by atoms with Gasteiger partial charge < -0.3 is 20.4 Å². The summed E-state index contributed by atoms with van der Waals surface area (Å²) in [5, 5.41) is 6.04. The van der Waals surface area contributed by atoms with E-state index in [4.69, 9.17) is 0 Å². The lowest BCUT2D eigenvalue weighted by atomic mass is 9.85. The van der Waals surface area contributed by atoms with Gasteiger partial charge in [0.05, 0.1) is 0 Å². The topological polar surface area (TPSA) is 64.7 Å². The van der Waals surface area contributed by atoms with E-state index in [0.29, 0.717) is 24.2 Å². The summed E-state index contributed by atoms with van der Waals surface area (Å²) in [6, 6.07) is 5.54. The van der Waals surface area contributed by atoms with Gasteiger partial charge in [-0.1, -0.05) is 48.5 Å². The van der Waals surface area contributed by atoms with Gasteiger partial charge in [0.1, 0.15) is 0 Å². The molecular weight excluding hydrogens is 400 g/mol. The fourth-order valence-electron chi connectivity index (χ4n) is 3.62. The predicted molar refractivity (Wildman–Crippen MR) is 135 cm³/mol. The standard InChI is InChI=1S/C26H46N4O2/c1-8-29(9-2)16-12-14-27-24(31)21-18-22(20-23(19-21)26(5,6)7)25(32)28-15-13-17-30(10-3)11-4/h18-20H,8-17H2,1-7H3,(H,27,31)(H,28,32). The number of carbonyl (C=O) groups excluding carboxylic acids is 2. The Morgan fingerprint density at radius 2 is 1.09 bits per heavy atom. The monoisotopic (exact) mass is 446 g/mol. The van der Waals surface area contributed by atoms with E-state index in [1.807, 2.05) is 12.1 Å². The van der Waals surface area contributed by atoms with Crippen LogP contribution in [0, 0.1) is 0 Å². The third-order valence-corrected chi connectivity index (χ3v) is 5.99. The Hall–Kier alpha value is -1.92. The zero-order valence-corrected chi connectivity index (χ0v) is 21.5. The van der Waals surface area contributed by atoms with Gasteiger partial charge in [-0.2, -0.15) is 0 Å². The molecule has 1 aromatic rings. The highest BCUT2D eigenvalue weighted by molar-refractivity contribution is 6.00. The first-order valence-corrected chi connectivity index (χ1v) is 12.3. The normalized spacial score (nSPS) is 11.8. The Balaban J connectivity index is 2.80. The molecule has 0 radical (unpaired) electrons. The molecule has 6 nitrogen and oxygen atoms in total. The second-order valence-electron chi connectivity index (χ2n) is 9.32. The number of rotatable bonds is 14. The van der Waals surface area contributed by atoms with Gasteiger partial charge in [0.25, 0.3) is 11.8 Å². The fraction of sp³-hybridized carbons (Fsp3) is 0.692. The van der Waals surface area contributed by atoms with Crippen LogP contribution in [-0.4, -0.2) is 74.0 Å². The molecule has 0 fully saturated rings. The Labute approximate surface area is 196 Å². The Bertz CT molecular complexity index is 654. The van der Waals surface area contributed by atoms with Gasteiger partial charge >= 0.3 is 0 Å². The largest absolute Gasteiger partial charge is 0.352 e. The lowest BCUT2D eigenvalue weighted by molar-refractivity contribution is 0.0951. The number of amides is 2. The quantitative estimate of drug-likeness (QED) is 0.425. The summed E-state index contributed by atoms with van der Waals surface area (Å²) in [5.74, 6) is -0.238. The van der Waals surface area contributed by atoms with Crippen molar-refractivity contribution in [2.75, 3.05) is 52.4 Å². The van der Waals surface area contributed by atoms with E-state index in [9.17, 15) is 9.59 Å². The Kier molecular flexibility index (Phi) is 12.5. The van der Waals surface area contributed by atoms with Gasteiger partial charge in [0.15, 0.2) is 0 Å². The Morgan fingerprint density at radius 1 is 0.719 bits per heavy atom. The van der Waals surface area contributed by atoms with Crippen LogP contribution in [0.3, 0.4) is 0 Å². The molecule has 32 heavy (non-hydrogen) atoms. The van der Waals surface area contributed by atoms with E-state index >= 15 is 0 Å². The summed E-state index contributed by atoms with van der Waals surface area (Å²) in [5.41, 5.74) is 1.93. The highest BCUT2D eigenvalue weighted by atomic mass is 16.2. The lowest BCUT2D eigenvalue weighted by Gasteiger charge is -2.21. The van der Waals surface area contributed by atoms with Crippen molar-refractivity contribution in [2.45, 2.75) is 66.7 Å². The van der Waals surface area contributed by atoms with Crippen molar-refractivity contribution < 1.29 is 9.59 Å². The Morgan fingerprint density at radius 3 is 1.41 bits per heavy atom. The van der Waals surface area contributed by atoms with Crippen molar-refractivity contribution in [3.8, 4) is 0 Å². The molecule has 1 aromatic carbocycles. The molecule has 2 N–H and O–H groups in total. The van der Waals surface area contributed by atoms with Crippen LogP contribution in [-0.2, 0) is 5.41 Å². The molecule has 0 aliphatic rings. The minimum absolute atomic E-state index is 0.119. The van der Waals surface area contributed by atoms with E-state index in [2.05, 4.69) is 68.9 Å². The summed E-state index contributed by atoms with van der Waals surface area (Å²) in [6.45, 7) is 22.2. The molecular formula is C26H46N4O2. The minimum atomic E-state index is -0.156. The molecule has 0 saturated heterocycles. The number of hydrogen-bond acceptors (Lipinski definition) is 4. The van der Waals surface area contributed by atoms with Crippen LogP contribution in [0.1, 0.15) is 87.6 Å². The highest BCUT2D eigenvalue weighted by Gasteiger charge is 2.20. The third kappa shape index (κ3) is 9.70. The summed E-state index contributed by atoms with van der Waals surface area (Å²) in [7, 11) is 0. The van der Waals surface area contributed by atoms with Gasteiger partial charge in [-0.15, -0.1) is 0 Å². The predicted octanol–water partition coefficient (Wildman–Crippen LogP) is 3.91. The lowest BCUT2D eigenvalue weighted by Crippen LogP contribution is -2.31. The summed E-state index contributed by atoms with van der Waals surface area (Å²) >= 11 is 0. The van der Waals surface area contributed by atoms with Crippen LogP contribution in [0.15, 0.2) is 18.2 Å². The number of benzene rings is 1. The first-order valence-electron chi connectivity index (χ1n) is 12.3. The SMILES string of the molecule is CCN(CC)CCCNC(=O)c1cc(C(=O)NCCCN(CC)CC)cc(C(C)(C)C)c1. The van der Waals surface area contributed by atoms with Gasteiger partial charge in [0.2, 0.25) is 0 Å². The molecule has 0 saturated carbocycles. The molecule has 0 aliphatic heterocycles. The number of carbonyl (C=O) groups is 2. The van der Waals surface area contributed by atoms with Gasteiger partial charge in [0, 0.05) is 24.2 Å². The van der Waals surface area contributed by atoms with Crippen LogP contribution < -0.4 is 10.6 Å². The van der Waals surface area contributed by atoms with E-state index in [1.165, 1.54) is 0 Å². The van der Waals surface area contributed by atoms with Crippen LogP contribution >= 0.6 is 0 Å². The van der Waals surface area contributed by atoms with Crippen LogP contribution in [0.4, 0.5) is 0 Å². The molecule has 0 bridgehead atoms. The van der Waals surface area contributed by atoms with Crippen molar-refractivity contribution in [2.24, 2.45) is 0 Å². The van der Waals surface area contributed by atoms with Gasteiger partial charge in [-0.25, -0.2) is 0 Å². The molecule has 6 heteroatoms. The third-order valence-electron chi connectivity index (χ3n) is 5.99. The van der Waals surface area contributed by atoms with Gasteiger partial charge in [-0.05, 0) is 81.3 Å². The number of nitrogens with one attached hydrogen (secondary N) is 2. The van der Waals surface area contributed by atoms with E-state index in [-0.39, 0.29) is 17.2 Å². The zero-order chi connectivity index (χ0) is 24.1. The molecule has 0 heterocycles. The molecule has 182 valence electrons. The van der Waals surface area contributed by atoms with Gasteiger partial charge in [-0.3, -0.25) is 9.59 Å². The van der Waals surface area contributed by atoms with Crippen LogP contribution in [0.25, 0.3) is 0 Å². The number of nitrogens with zero attached hydrogens (tertiary/aromatic N) is 2. The maximum absolute atomic E-state index is 12.8. The maximum atomic E-state index is 12.8. The summed E-state index contributed by atoms with van der Waals surface area (Å²) in [4.78, 5) is 30.3. The molecule has 0 aromatic heterocycles. The first-order chi connectivity index (χ1) is 15.2. The molecule has 2 amide bonds. The highest BCUT2D eigenvalue weighted by Crippen LogP contribution is 2.25. The molecule has 1 rings (SSSR count). The smallest absolute Gasteiger partial charge is 0.251 e. The molecule has 0 atom stereocenters. The van der Waals surface area contributed by atoms with E-state index < -0.39 is 0 Å². The van der Waals surface area contributed by atoms with Crippen LogP contribution in [0.5, 0.6) is 0 Å².